The number of nitrogens with two attached hydrogens (primary N) is 1. The maximum Gasteiger partial charge on any atom is 0.240 e. The zero-order valence-corrected chi connectivity index (χ0v) is 16.4. The molecule has 2 aliphatic heterocycles. The number of para-hydroxylation sites is 1. The van der Waals surface area contributed by atoms with Gasteiger partial charge in [0.25, 0.3) is 0 Å². The number of phenolic OH excluding ortho intramolecular Hbond substituents is 1. The van der Waals surface area contributed by atoms with Crippen LogP contribution in [0.1, 0.15) is 31.9 Å². The van der Waals surface area contributed by atoms with Crippen molar-refractivity contribution >= 4 is 29.5 Å². The SMILES string of the molecule is CSCC[C@@]1(C(=O)[O-])[NH2+][C@H](c2ccccc2O)[C@H]2C(=O)N(C(C)C)C(=O)[C@H]21. The number of benzene rings is 1. The molecule has 0 spiro atoms. The summed E-state index contributed by atoms with van der Waals surface area (Å²) in [6, 6.07) is 5.54. The van der Waals surface area contributed by atoms with Gasteiger partial charge in [-0.15, -0.1) is 0 Å². The molecule has 1 aromatic rings. The van der Waals surface area contributed by atoms with Crippen LogP contribution in [0, 0.1) is 11.8 Å². The number of carbonyl (C=O) groups is 3. The Bertz CT molecular complexity index is 783. The Morgan fingerprint density at radius 1 is 1.33 bits per heavy atom. The van der Waals surface area contributed by atoms with Gasteiger partial charge in [-0.25, -0.2) is 0 Å². The second-order valence-electron chi connectivity index (χ2n) is 7.47. The molecule has 146 valence electrons. The quantitative estimate of drug-likeness (QED) is 0.617. The summed E-state index contributed by atoms with van der Waals surface area (Å²) in [4.78, 5) is 39.7. The Kier molecular flexibility index (Phi) is 5.22. The van der Waals surface area contributed by atoms with Crippen molar-refractivity contribution in [3.8, 4) is 5.75 Å². The van der Waals surface area contributed by atoms with Gasteiger partial charge >= 0.3 is 0 Å². The van der Waals surface area contributed by atoms with Crippen molar-refractivity contribution in [3.05, 3.63) is 29.8 Å². The number of aliphatic carboxylic acids is 1. The number of amides is 2. The van der Waals surface area contributed by atoms with E-state index in [2.05, 4.69) is 0 Å². The number of aromatic hydroxyl groups is 1. The molecule has 2 amide bonds. The molecule has 0 saturated carbocycles. The number of phenols is 1. The normalized spacial score (nSPS) is 30.2. The fraction of sp³-hybridized carbons (Fsp3) is 0.526. The molecule has 0 bridgehead atoms. The molecule has 1 aromatic carbocycles. The first kappa shape index (κ1) is 19.7. The zero-order valence-electron chi connectivity index (χ0n) is 15.5. The Labute approximate surface area is 162 Å². The largest absolute Gasteiger partial charge is 0.544 e. The monoisotopic (exact) mass is 392 g/mol. The predicted molar refractivity (Wildman–Crippen MR) is 97.5 cm³/mol. The van der Waals surface area contributed by atoms with E-state index in [4.69, 9.17) is 0 Å². The summed E-state index contributed by atoms with van der Waals surface area (Å²) in [6.45, 7) is 3.47. The van der Waals surface area contributed by atoms with Crippen LogP contribution in [0.25, 0.3) is 0 Å². The number of imide groups is 1. The third kappa shape index (κ3) is 2.91. The van der Waals surface area contributed by atoms with E-state index >= 15 is 0 Å². The van der Waals surface area contributed by atoms with Crippen LogP contribution in [0.15, 0.2) is 24.3 Å². The lowest BCUT2D eigenvalue weighted by Crippen LogP contribution is -2.99. The number of nitrogens with zero attached hydrogens (tertiary/aromatic N) is 1. The first-order valence-corrected chi connectivity index (χ1v) is 10.4. The molecule has 0 radical (unpaired) electrons. The molecule has 0 aromatic heterocycles. The number of hydrogen-bond donors (Lipinski definition) is 2. The van der Waals surface area contributed by atoms with Gasteiger partial charge in [-0.05, 0) is 38.0 Å². The summed E-state index contributed by atoms with van der Waals surface area (Å²) in [5, 5.41) is 24.1. The number of carbonyl (C=O) groups excluding carboxylic acids is 3. The Morgan fingerprint density at radius 2 is 2.00 bits per heavy atom. The Morgan fingerprint density at radius 3 is 2.56 bits per heavy atom. The van der Waals surface area contributed by atoms with Gasteiger partial charge in [0.1, 0.15) is 29.6 Å². The van der Waals surface area contributed by atoms with Crippen LogP contribution in [0.4, 0.5) is 0 Å². The number of carboxylic acids is 1. The van der Waals surface area contributed by atoms with Crippen LogP contribution in [0.2, 0.25) is 0 Å². The number of fused-ring (bicyclic) bond motifs is 1. The highest BCUT2D eigenvalue weighted by atomic mass is 32.2. The number of carboxylic acid groups (broad SMARTS) is 1. The van der Waals surface area contributed by atoms with E-state index in [1.54, 1.807) is 37.4 Å². The minimum Gasteiger partial charge on any atom is -0.544 e. The highest BCUT2D eigenvalue weighted by Gasteiger charge is 2.69. The molecule has 3 rings (SSSR count). The molecular weight excluding hydrogens is 368 g/mol. The van der Waals surface area contributed by atoms with E-state index in [1.165, 1.54) is 22.7 Å². The lowest BCUT2D eigenvalue weighted by atomic mass is 9.78. The highest BCUT2D eigenvalue weighted by molar-refractivity contribution is 7.98. The minimum atomic E-state index is -1.53. The van der Waals surface area contributed by atoms with E-state index in [-0.39, 0.29) is 24.1 Å². The second kappa shape index (κ2) is 7.16. The lowest BCUT2D eigenvalue weighted by molar-refractivity contribution is -0.739. The van der Waals surface area contributed by atoms with Gasteiger partial charge < -0.3 is 20.3 Å². The molecule has 8 heteroatoms. The molecule has 27 heavy (non-hydrogen) atoms. The average Bonchev–Trinajstić information content (AvgIpc) is 3.08. The van der Waals surface area contributed by atoms with Gasteiger partial charge in [0.05, 0.1) is 5.56 Å². The summed E-state index contributed by atoms with van der Waals surface area (Å²) in [7, 11) is 0. The van der Waals surface area contributed by atoms with Gasteiger partial charge in [0.15, 0.2) is 5.54 Å². The summed E-state index contributed by atoms with van der Waals surface area (Å²) in [6.07, 6.45) is 2.06. The van der Waals surface area contributed by atoms with Crippen molar-refractivity contribution in [1.82, 2.24) is 4.90 Å². The number of hydrogen-bond acceptors (Lipinski definition) is 6. The van der Waals surface area contributed by atoms with Crippen LogP contribution in [0.3, 0.4) is 0 Å². The van der Waals surface area contributed by atoms with Crippen molar-refractivity contribution in [3.63, 3.8) is 0 Å². The van der Waals surface area contributed by atoms with Crippen LogP contribution < -0.4 is 10.4 Å². The maximum atomic E-state index is 13.1. The van der Waals surface area contributed by atoms with Gasteiger partial charge in [0, 0.05) is 12.5 Å². The van der Waals surface area contributed by atoms with Crippen LogP contribution in [-0.2, 0) is 14.4 Å². The Hall–Kier alpha value is -2.06. The van der Waals surface area contributed by atoms with E-state index in [0.29, 0.717) is 11.3 Å². The molecule has 0 unspecified atom stereocenters. The van der Waals surface area contributed by atoms with Crippen molar-refractivity contribution in [1.29, 1.82) is 0 Å². The van der Waals surface area contributed by atoms with E-state index in [9.17, 15) is 24.6 Å². The molecule has 0 aliphatic carbocycles. The fourth-order valence-corrected chi connectivity index (χ4v) is 5.06. The van der Waals surface area contributed by atoms with Crippen molar-refractivity contribution in [2.24, 2.45) is 11.8 Å². The van der Waals surface area contributed by atoms with Crippen LogP contribution >= 0.6 is 11.8 Å². The third-order valence-corrected chi connectivity index (χ3v) is 6.33. The lowest BCUT2D eigenvalue weighted by Gasteiger charge is -2.33. The topological polar surface area (TPSA) is 114 Å². The summed E-state index contributed by atoms with van der Waals surface area (Å²) in [5.41, 5.74) is -1.07. The van der Waals surface area contributed by atoms with Crippen molar-refractivity contribution in [2.75, 3.05) is 12.0 Å². The van der Waals surface area contributed by atoms with Crippen LogP contribution in [0.5, 0.6) is 5.75 Å². The molecule has 7 nitrogen and oxygen atoms in total. The second-order valence-corrected chi connectivity index (χ2v) is 8.45. The molecule has 4 atom stereocenters. The first-order chi connectivity index (χ1) is 12.8. The molecule has 2 fully saturated rings. The average molecular weight is 392 g/mol. The van der Waals surface area contributed by atoms with E-state index in [0.717, 1.165) is 0 Å². The minimum absolute atomic E-state index is 0.0141. The molecular formula is C19H24N2O5S. The molecule has 3 N–H and O–H groups in total. The predicted octanol–water partition coefficient (Wildman–Crippen LogP) is -0.738. The Balaban J connectivity index is 2.16. The number of quaternary nitrogens is 1. The van der Waals surface area contributed by atoms with Crippen LogP contribution in [-0.4, -0.2) is 51.4 Å². The number of likely N-dealkylation sites (tertiary alicyclic amines) is 1. The number of rotatable bonds is 6. The maximum absolute atomic E-state index is 13.1. The standard InChI is InChI=1S/C19H24N2O5S/c1-10(2)21-16(23)13-14(17(21)24)19(18(25)26,8-9-27-3)20-15(13)11-6-4-5-7-12(11)22/h4-7,10,13-15,20,22H,8-9H2,1-3H3,(H,25,26)/t13-,14-,15+,19+/m0/s1. The fourth-order valence-electron chi connectivity index (χ4n) is 4.51. The molecule has 2 aliphatic rings. The van der Waals surface area contributed by atoms with Gasteiger partial charge in [-0.2, -0.15) is 11.8 Å². The third-order valence-electron chi connectivity index (χ3n) is 5.72. The van der Waals surface area contributed by atoms with Gasteiger partial charge in [-0.1, -0.05) is 12.1 Å². The first-order valence-electron chi connectivity index (χ1n) is 8.97. The van der Waals surface area contributed by atoms with Gasteiger partial charge in [0.2, 0.25) is 11.8 Å². The summed E-state index contributed by atoms with van der Waals surface area (Å²) >= 11 is 1.48. The van der Waals surface area contributed by atoms with E-state index < -0.39 is 35.3 Å². The number of thioether (sulfide) groups is 1. The van der Waals surface area contributed by atoms with E-state index in [1.807, 2.05) is 6.26 Å². The van der Waals surface area contributed by atoms with Crippen molar-refractivity contribution < 1.29 is 29.9 Å². The van der Waals surface area contributed by atoms with Crippen molar-refractivity contribution in [2.45, 2.75) is 37.9 Å². The molecule has 2 heterocycles. The smallest absolute Gasteiger partial charge is 0.240 e. The molecule has 2 saturated heterocycles. The highest BCUT2D eigenvalue weighted by Crippen LogP contribution is 2.47. The summed E-state index contributed by atoms with van der Waals surface area (Å²) < 4.78 is 0. The summed E-state index contributed by atoms with van der Waals surface area (Å²) in [5.74, 6) is -3.51. The zero-order chi connectivity index (χ0) is 19.9. The van der Waals surface area contributed by atoms with Gasteiger partial charge in [-0.3, -0.25) is 14.5 Å².